The number of rotatable bonds is 5. The molecule has 0 aromatic heterocycles. The van der Waals surface area contributed by atoms with Crippen molar-refractivity contribution in [2.75, 3.05) is 18.6 Å². The molecule has 0 aliphatic carbocycles. The largest absolute Gasteiger partial charge is 0.497 e. The van der Waals surface area contributed by atoms with E-state index < -0.39 is 18.1 Å². The van der Waals surface area contributed by atoms with Gasteiger partial charge in [-0.25, -0.2) is 0 Å². The molecule has 0 spiro atoms. The van der Waals surface area contributed by atoms with Gasteiger partial charge in [0.25, 0.3) is 0 Å². The maximum Gasteiger partial charge on any atom is 0.393 e. The molecule has 0 radical (unpaired) electrons. The van der Waals surface area contributed by atoms with Crippen LogP contribution in [-0.4, -0.2) is 25.9 Å². The molecule has 7 heteroatoms. The number of nitrogens with zero attached hydrogens (tertiary/aromatic N) is 2. The molecule has 2 aromatic carbocycles. The molecule has 0 saturated carbocycles. The molecule has 148 valence electrons. The van der Waals surface area contributed by atoms with Crippen molar-refractivity contribution in [3.8, 4) is 23.3 Å². The molecule has 3 rings (SSSR count). The number of halogens is 3. The fourth-order valence-corrected chi connectivity index (χ4v) is 3.46. The zero-order chi connectivity index (χ0) is 20.3. The fraction of sp³-hybridized carbons (Fsp3) is 0.381. The number of benzene rings is 2. The van der Waals surface area contributed by atoms with Gasteiger partial charge in [0.05, 0.1) is 25.5 Å². The van der Waals surface area contributed by atoms with Gasteiger partial charge in [0.15, 0.2) is 0 Å². The number of alkyl halides is 3. The minimum Gasteiger partial charge on any atom is -0.497 e. The Labute approximate surface area is 162 Å². The molecular formula is C21H21F3N2O2. The smallest absolute Gasteiger partial charge is 0.393 e. The molecule has 2 aromatic rings. The lowest BCUT2D eigenvalue weighted by atomic mass is 10.0. The Kier molecular flexibility index (Phi) is 5.68. The predicted octanol–water partition coefficient (Wildman–Crippen LogP) is 5.47. The summed E-state index contributed by atoms with van der Waals surface area (Å²) in [6.45, 7) is 1.77. The van der Waals surface area contributed by atoms with Gasteiger partial charge in [-0.15, -0.1) is 0 Å². The highest BCUT2D eigenvalue weighted by Crippen LogP contribution is 2.40. The average Bonchev–Trinajstić information content (AvgIpc) is 3.09. The van der Waals surface area contributed by atoms with Crippen LogP contribution in [0, 0.1) is 24.2 Å². The van der Waals surface area contributed by atoms with E-state index in [1.807, 2.05) is 19.1 Å². The number of hydrogen-bond donors (Lipinski definition) is 0. The van der Waals surface area contributed by atoms with Crippen molar-refractivity contribution >= 4 is 5.69 Å². The molecule has 0 bridgehead atoms. The van der Waals surface area contributed by atoms with E-state index in [1.165, 1.54) is 0 Å². The van der Waals surface area contributed by atoms with Gasteiger partial charge in [0, 0.05) is 18.3 Å². The summed E-state index contributed by atoms with van der Waals surface area (Å²) in [7, 11) is 1.59. The summed E-state index contributed by atoms with van der Waals surface area (Å²) in [6, 6.07) is 13.9. The second-order valence-corrected chi connectivity index (χ2v) is 6.87. The van der Waals surface area contributed by atoms with Gasteiger partial charge in [-0.1, -0.05) is 0 Å². The summed E-state index contributed by atoms with van der Waals surface area (Å²) in [6.07, 6.45) is -4.24. The van der Waals surface area contributed by atoms with Gasteiger partial charge in [0.1, 0.15) is 17.2 Å². The maximum absolute atomic E-state index is 13.1. The first kappa shape index (κ1) is 19.9. The summed E-state index contributed by atoms with van der Waals surface area (Å²) < 4.78 is 50.4. The third-order valence-electron chi connectivity index (χ3n) is 4.98. The van der Waals surface area contributed by atoms with Crippen LogP contribution in [0.1, 0.15) is 18.4 Å². The molecule has 28 heavy (non-hydrogen) atoms. The zero-order valence-corrected chi connectivity index (χ0v) is 15.7. The Morgan fingerprint density at radius 1 is 1.14 bits per heavy atom. The van der Waals surface area contributed by atoms with E-state index in [2.05, 4.69) is 0 Å². The van der Waals surface area contributed by atoms with Crippen LogP contribution in [0.3, 0.4) is 0 Å². The van der Waals surface area contributed by atoms with Crippen molar-refractivity contribution in [1.29, 1.82) is 5.26 Å². The standard InChI is InChI=1S/C21H21F3N2O2/c1-14-11-19(27-2)7-8-20(14)28-18-5-3-16(4-6-18)26-13-15(21(22,23)24)12-17(26)9-10-25/h3-8,11,15,17H,9,12-13H2,1-2H3. The van der Waals surface area contributed by atoms with E-state index in [1.54, 1.807) is 48.4 Å². The quantitative estimate of drug-likeness (QED) is 0.679. The maximum atomic E-state index is 13.1. The molecular weight excluding hydrogens is 369 g/mol. The second-order valence-electron chi connectivity index (χ2n) is 6.87. The van der Waals surface area contributed by atoms with Crippen LogP contribution >= 0.6 is 0 Å². The molecule has 2 unspecified atom stereocenters. The monoisotopic (exact) mass is 390 g/mol. The molecule has 0 amide bonds. The Hall–Kier alpha value is -2.88. The molecule has 4 nitrogen and oxygen atoms in total. The summed E-state index contributed by atoms with van der Waals surface area (Å²) >= 11 is 0. The third kappa shape index (κ3) is 4.33. The van der Waals surface area contributed by atoms with Crippen molar-refractivity contribution in [3.63, 3.8) is 0 Å². The van der Waals surface area contributed by atoms with Gasteiger partial charge in [0.2, 0.25) is 0 Å². The Bertz CT molecular complexity index is 859. The van der Waals surface area contributed by atoms with Gasteiger partial charge < -0.3 is 14.4 Å². The summed E-state index contributed by atoms with van der Waals surface area (Å²) in [4.78, 5) is 1.67. The summed E-state index contributed by atoms with van der Waals surface area (Å²) in [5.41, 5.74) is 1.57. The Morgan fingerprint density at radius 2 is 1.82 bits per heavy atom. The minimum absolute atomic E-state index is 0.0552. The van der Waals surface area contributed by atoms with Crippen LogP contribution in [0.15, 0.2) is 42.5 Å². The van der Waals surface area contributed by atoms with E-state index in [0.717, 1.165) is 11.3 Å². The molecule has 0 N–H and O–H groups in total. The number of anilines is 1. The number of aryl methyl sites for hydroxylation is 1. The first-order valence-electron chi connectivity index (χ1n) is 8.94. The van der Waals surface area contributed by atoms with E-state index in [0.29, 0.717) is 17.2 Å². The summed E-state index contributed by atoms with van der Waals surface area (Å²) in [5.74, 6) is 0.579. The van der Waals surface area contributed by atoms with Crippen LogP contribution in [0.4, 0.5) is 18.9 Å². The van der Waals surface area contributed by atoms with E-state index in [4.69, 9.17) is 14.7 Å². The SMILES string of the molecule is COc1ccc(Oc2ccc(N3CC(C(F)(F)F)CC3CC#N)cc2)c(C)c1. The van der Waals surface area contributed by atoms with Crippen LogP contribution in [0.25, 0.3) is 0 Å². The Balaban J connectivity index is 1.75. The zero-order valence-electron chi connectivity index (χ0n) is 15.7. The molecule has 1 saturated heterocycles. The van der Waals surface area contributed by atoms with Crippen LogP contribution in [0.5, 0.6) is 17.2 Å². The van der Waals surface area contributed by atoms with Crippen LogP contribution in [-0.2, 0) is 0 Å². The Morgan fingerprint density at radius 3 is 2.39 bits per heavy atom. The van der Waals surface area contributed by atoms with Crippen molar-refractivity contribution < 1.29 is 22.6 Å². The average molecular weight is 390 g/mol. The summed E-state index contributed by atoms with van der Waals surface area (Å²) in [5, 5.41) is 8.97. The highest BCUT2D eigenvalue weighted by atomic mass is 19.4. The van der Waals surface area contributed by atoms with Crippen molar-refractivity contribution in [3.05, 3.63) is 48.0 Å². The lowest BCUT2D eigenvalue weighted by molar-refractivity contribution is -0.168. The number of nitriles is 1. The number of ether oxygens (including phenoxy) is 2. The molecule has 1 aliphatic heterocycles. The second kappa shape index (κ2) is 8.01. The molecule has 1 aliphatic rings. The lowest BCUT2D eigenvalue weighted by Gasteiger charge is -2.25. The molecule has 1 fully saturated rings. The highest BCUT2D eigenvalue weighted by molar-refractivity contribution is 5.52. The van der Waals surface area contributed by atoms with Crippen molar-refractivity contribution in [1.82, 2.24) is 0 Å². The van der Waals surface area contributed by atoms with Gasteiger partial charge >= 0.3 is 6.18 Å². The molecule has 2 atom stereocenters. The van der Waals surface area contributed by atoms with E-state index >= 15 is 0 Å². The highest BCUT2D eigenvalue weighted by Gasteiger charge is 2.47. The normalized spacial score (nSPS) is 19.4. The number of methoxy groups -OCH3 is 1. The van der Waals surface area contributed by atoms with Gasteiger partial charge in [-0.2, -0.15) is 18.4 Å². The van der Waals surface area contributed by atoms with Gasteiger partial charge in [-0.05, 0) is 61.4 Å². The van der Waals surface area contributed by atoms with Crippen LogP contribution in [0.2, 0.25) is 0 Å². The molecule has 1 heterocycles. The van der Waals surface area contributed by atoms with Crippen LogP contribution < -0.4 is 14.4 Å². The fourth-order valence-electron chi connectivity index (χ4n) is 3.46. The third-order valence-corrected chi connectivity index (χ3v) is 4.98. The van der Waals surface area contributed by atoms with Crippen molar-refractivity contribution in [2.45, 2.75) is 32.0 Å². The first-order valence-corrected chi connectivity index (χ1v) is 8.94. The van der Waals surface area contributed by atoms with Crippen molar-refractivity contribution in [2.24, 2.45) is 5.92 Å². The van der Waals surface area contributed by atoms with E-state index in [-0.39, 0.29) is 19.4 Å². The van der Waals surface area contributed by atoms with Gasteiger partial charge in [-0.3, -0.25) is 0 Å². The number of hydrogen-bond acceptors (Lipinski definition) is 4. The lowest BCUT2D eigenvalue weighted by Crippen LogP contribution is -2.30. The van der Waals surface area contributed by atoms with E-state index in [9.17, 15) is 13.2 Å². The predicted molar refractivity (Wildman–Crippen MR) is 99.8 cm³/mol. The topological polar surface area (TPSA) is 45.5 Å². The minimum atomic E-state index is -4.25. The first-order chi connectivity index (χ1) is 13.3.